The summed E-state index contributed by atoms with van der Waals surface area (Å²) in [6.07, 6.45) is 2.57. The van der Waals surface area contributed by atoms with E-state index in [1.54, 1.807) is 4.90 Å². The first-order chi connectivity index (χ1) is 12.9. The third-order valence-corrected chi connectivity index (χ3v) is 5.22. The molecule has 2 heterocycles. The summed E-state index contributed by atoms with van der Waals surface area (Å²) in [5.74, 6) is 0. The largest absolute Gasteiger partial charge is 0.323 e. The molecule has 1 aromatic carbocycles. The van der Waals surface area contributed by atoms with Gasteiger partial charge in [-0.3, -0.25) is 9.88 Å². The van der Waals surface area contributed by atoms with Crippen LogP contribution in [-0.2, 0) is 13.1 Å². The van der Waals surface area contributed by atoms with Gasteiger partial charge in [-0.1, -0.05) is 24.3 Å². The highest BCUT2D eigenvalue weighted by Crippen LogP contribution is 2.21. The van der Waals surface area contributed by atoms with Crippen molar-refractivity contribution in [1.29, 1.82) is 0 Å². The molecule has 1 aliphatic heterocycles. The molecule has 0 atom stereocenters. The third-order valence-electron chi connectivity index (χ3n) is 5.22. The monoisotopic (exact) mass is 366 g/mol. The van der Waals surface area contributed by atoms with Gasteiger partial charge in [-0.15, -0.1) is 0 Å². The average Bonchev–Trinajstić information content (AvgIpc) is 3.12. The molecule has 0 aliphatic carbocycles. The summed E-state index contributed by atoms with van der Waals surface area (Å²) in [5, 5.41) is 3.03. The summed E-state index contributed by atoms with van der Waals surface area (Å²) in [6, 6.07) is 10.3. The summed E-state index contributed by atoms with van der Waals surface area (Å²) >= 11 is 0. The Morgan fingerprint density at radius 2 is 1.81 bits per heavy atom. The lowest BCUT2D eigenvalue weighted by molar-refractivity contribution is 0.220. The van der Waals surface area contributed by atoms with Crippen LogP contribution in [0.15, 0.2) is 30.3 Å². The Bertz CT molecular complexity index is 789. The molecule has 0 unspecified atom stereocenters. The summed E-state index contributed by atoms with van der Waals surface area (Å²) in [4.78, 5) is 21.4. The van der Waals surface area contributed by atoms with Gasteiger partial charge < -0.3 is 10.2 Å². The molecule has 0 saturated carbocycles. The minimum atomic E-state index is -0.108. The van der Waals surface area contributed by atoms with Crippen LogP contribution in [0.3, 0.4) is 0 Å². The molecule has 1 saturated heterocycles. The van der Waals surface area contributed by atoms with Gasteiger partial charge >= 0.3 is 6.03 Å². The molecule has 27 heavy (non-hydrogen) atoms. The summed E-state index contributed by atoms with van der Waals surface area (Å²) < 4.78 is 0. The Morgan fingerprint density at radius 3 is 2.48 bits per heavy atom. The molecule has 1 aromatic heterocycles. The number of nitrogens with zero attached hydrogens (tertiary/aromatic N) is 3. The molecule has 1 aliphatic rings. The highest BCUT2D eigenvalue weighted by molar-refractivity contribution is 5.90. The van der Waals surface area contributed by atoms with E-state index >= 15 is 0 Å². The Balaban J connectivity index is 1.68. The van der Waals surface area contributed by atoms with Gasteiger partial charge in [0, 0.05) is 25.8 Å². The van der Waals surface area contributed by atoms with Crippen LogP contribution < -0.4 is 5.32 Å². The van der Waals surface area contributed by atoms with E-state index in [-0.39, 0.29) is 6.03 Å². The highest BCUT2D eigenvalue weighted by atomic mass is 16.2. The number of urea groups is 1. The first-order valence-electron chi connectivity index (χ1n) is 9.70. The van der Waals surface area contributed by atoms with Gasteiger partial charge in [0.1, 0.15) is 0 Å². The number of aromatic nitrogens is 1. The molecule has 3 rings (SSSR count). The van der Waals surface area contributed by atoms with Gasteiger partial charge in [0.15, 0.2) is 0 Å². The van der Waals surface area contributed by atoms with Gasteiger partial charge in [-0.25, -0.2) is 4.79 Å². The number of pyridine rings is 1. The van der Waals surface area contributed by atoms with Crippen LogP contribution in [0, 0.1) is 20.8 Å². The number of hydrogen-bond acceptors (Lipinski definition) is 3. The number of benzene rings is 1. The normalized spacial score (nSPS) is 14.4. The van der Waals surface area contributed by atoms with Crippen molar-refractivity contribution in [3.63, 3.8) is 0 Å². The minimum absolute atomic E-state index is 0.108. The van der Waals surface area contributed by atoms with E-state index in [1.165, 1.54) is 37.1 Å². The number of amides is 2. The molecule has 5 heteroatoms. The zero-order valence-corrected chi connectivity index (χ0v) is 16.9. The number of hydrogen-bond donors (Lipinski definition) is 1. The highest BCUT2D eigenvalue weighted by Gasteiger charge is 2.17. The maximum absolute atomic E-state index is 12.7. The maximum Gasteiger partial charge on any atom is 0.321 e. The van der Waals surface area contributed by atoms with Gasteiger partial charge in [0.05, 0.1) is 11.4 Å². The minimum Gasteiger partial charge on any atom is -0.323 e. The topological polar surface area (TPSA) is 48.5 Å². The van der Waals surface area contributed by atoms with Crippen LogP contribution >= 0.6 is 0 Å². The zero-order valence-electron chi connectivity index (χ0n) is 16.9. The predicted octanol–water partition coefficient (Wildman–Crippen LogP) is 4.27. The predicted molar refractivity (Wildman–Crippen MR) is 110 cm³/mol. The second-order valence-electron chi connectivity index (χ2n) is 7.58. The number of likely N-dealkylation sites (tertiary alicyclic amines) is 1. The molecule has 0 bridgehead atoms. The van der Waals surface area contributed by atoms with Crippen LogP contribution in [0.1, 0.15) is 40.9 Å². The summed E-state index contributed by atoms with van der Waals surface area (Å²) in [7, 11) is 1.84. The standard InChI is InChI=1S/C22H30N4O/c1-16-13-17(2)23-18(3)21(16)24-22(27)25(4)14-19-9-5-6-10-20(19)15-26-11-7-8-12-26/h5-6,9-10,13H,7-8,11-12,14-15H2,1-4H3,(H,24,27). The van der Waals surface area contributed by atoms with Crippen LogP contribution in [0.5, 0.6) is 0 Å². The Morgan fingerprint density at radius 1 is 1.15 bits per heavy atom. The number of aryl methyl sites for hydroxylation is 3. The fourth-order valence-electron chi connectivity index (χ4n) is 3.79. The lowest BCUT2D eigenvalue weighted by Crippen LogP contribution is -2.32. The van der Waals surface area contributed by atoms with E-state index < -0.39 is 0 Å². The molecular formula is C22H30N4O. The van der Waals surface area contributed by atoms with Crippen molar-refractivity contribution in [2.24, 2.45) is 0 Å². The van der Waals surface area contributed by atoms with Crippen molar-refractivity contribution < 1.29 is 4.79 Å². The van der Waals surface area contributed by atoms with E-state index in [4.69, 9.17) is 0 Å². The molecule has 5 nitrogen and oxygen atoms in total. The van der Waals surface area contributed by atoms with Crippen LogP contribution in [-0.4, -0.2) is 41.0 Å². The van der Waals surface area contributed by atoms with Gasteiger partial charge in [0.2, 0.25) is 0 Å². The average molecular weight is 367 g/mol. The van der Waals surface area contributed by atoms with Gasteiger partial charge in [-0.2, -0.15) is 0 Å². The second-order valence-corrected chi connectivity index (χ2v) is 7.58. The van der Waals surface area contributed by atoms with Crippen molar-refractivity contribution >= 4 is 11.7 Å². The molecule has 1 fully saturated rings. The zero-order chi connectivity index (χ0) is 19.4. The van der Waals surface area contributed by atoms with E-state index in [0.29, 0.717) is 6.54 Å². The van der Waals surface area contributed by atoms with Crippen LogP contribution in [0.25, 0.3) is 0 Å². The molecule has 0 spiro atoms. The van der Waals surface area contributed by atoms with Crippen LogP contribution in [0.4, 0.5) is 10.5 Å². The molecule has 2 aromatic rings. The van der Waals surface area contributed by atoms with Crippen molar-refractivity contribution in [2.75, 3.05) is 25.5 Å². The van der Waals surface area contributed by atoms with Crippen molar-refractivity contribution in [3.8, 4) is 0 Å². The molecular weight excluding hydrogens is 336 g/mol. The third kappa shape index (κ3) is 4.86. The van der Waals surface area contributed by atoms with Gasteiger partial charge in [-0.05, 0) is 69.5 Å². The SMILES string of the molecule is Cc1cc(C)c(NC(=O)N(C)Cc2ccccc2CN2CCCC2)c(C)n1. The molecule has 144 valence electrons. The Labute approximate surface area is 162 Å². The lowest BCUT2D eigenvalue weighted by Gasteiger charge is -2.23. The molecule has 2 amide bonds. The smallest absolute Gasteiger partial charge is 0.321 e. The van der Waals surface area contributed by atoms with E-state index in [1.807, 2.05) is 40.0 Å². The number of carbonyl (C=O) groups excluding carboxylic acids is 1. The van der Waals surface area contributed by atoms with E-state index in [9.17, 15) is 4.79 Å². The summed E-state index contributed by atoms with van der Waals surface area (Å²) in [5.41, 5.74) is 6.18. The lowest BCUT2D eigenvalue weighted by atomic mass is 10.1. The number of rotatable bonds is 5. The molecule has 0 radical (unpaired) electrons. The number of nitrogens with one attached hydrogen (secondary N) is 1. The first kappa shape index (κ1) is 19.4. The van der Waals surface area contributed by atoms with E-state index in [2.05, 4.69) is 33.4 Å². The number of anilines is 1. The van der Waals surface area contributed by atoms with Crippen molar-refractivity contribution in [2.45, 2.75) is 46.7 Å². The second kappa shape index (κ2) is 8.53. The van der Waals surface area contributed by atoms with Crippen molar-refractivity contribution in [3.05, 3.63) is 58.4 Å². The number of carbonyl (C=O) groups is 1. The fourth-order valence-corrected chi connectivity index (χ4v) is 3.79. The van der Waals surface area contributed by atoms with Crippen LogP contribution in [0.2, 0.25) is 0 Å². The Kier molecular flexibility index (Phi) is 6.11. The first-order valence-corrected chi connectivity index (χ1v) is 9.70. The van der Waals surface area contributed by atoms with Gasteiger partial charge in [0.25, 0.3) is 0 Å². The maximum atomic E-state index is 12.7. The quantitative estimate of drug-likeness (QED) is 0.860. The van der Waals surface area contributed by atoms with Crippen molar-refractivity contribution in [1.82, 2.24) is 14.8 Å². The Hall–Kier alpha value is -2.40. The van der Waals surface area contributed by atoms with E-state index in [0.717, 1.165) is 29.2 Å². The molecule has 1 N–H and O–H groups in total. The summed E-state index contributed by atoms with van der Waals surface area (Å²) in [6.45, 7) is 9.80. The fraction of sp³-hybridized carbons (Fsp3) is 0.455.